The van der Waals surface area contributed by atoms with Crippen LogP contribution in [0.2, 0.25) is 0 Å². The fourth-order valence-electron chi connectivity index (χ4n) is 3.86. The fourth-order valence-corrected chi connectivity index (χ4v) is 3.86. The second-order valence-corrected chi connectivity index (χ2v) is 5.83. The van der Waals surface area contributed by atoms with E-state index in [-0.39, 0.29) is 18.5 Å². The standard InChI is InChI=1S/C17H12N2O3/c20-15-10-5-1-3-7-12(10)18-17-9-22-16(21)14(17)11-6-2-4-8-13(11)19(15)17/h1-8,14,18H,9H2/t14-,17+/m0/s1. The molecular formula is C17H12N2O3. The van der Waals surface area contributed by atoms with Crippen molar-refractivity contribution >= 4 is 23.3 Å². The number of fused-ring (bicyclic) bond motifs is 4. The summed E-state index contributed by atoms with van der Waals surface area (Å²) in [7, 11) is 0. The number of cyclic esters (lactones) is 1. The van der Waals surface area contributed by atoms with Crippen LogP contribution in [0.25, 0.3) is 0 Å². The maximum absolute atomic E-state index is 13.0. The number of nitrogens with one attached hydrogen (secondary N) is 1. The lowest BCUT2D eigenvalue weighted by Crippen LogP contribution is -2.61. The molecule has 1 fully saturated rings. The van der Waals surface area contributed by atoms with Gasteiger partial charge in [-0.05, 0) is 23.8 Å². The first-order valence-corrected chi connectivity index (χ1v) is 7.20. The van der Waals surface area contributed by atoms with Crippen LogP contribution in [-0.4, -0.2) is 24.1 Å². The van der Waals surface area contributed by atoms with Crippen LogP contribution < -0.4 is 10.2 Å². The molecule has 5 nitrogen and oxygen atoms in total. The molecule has 0 bridgehead atoms. The van der Waals surface area contributed by atoms with Gasteiger partial charge in [0, 0.05) is 5.69 Å². The quantitative estimate of drug-likeness (QED) is 0.756. The summed E-state index contributed by atoms with van der Waals surface area (Å²) in [6.07, 6.45) is 0. The highest BCUT2D eigenvalue weighted by atomic mass is 16.5. The second-order valence-electron chi connectivity index (χ2n) is 5.83. The summed E-state index contributed by atoms with van der Waals surface area (Å²) in [6.45, 7) is 0.158. The Bertz CT molecular complexity index is 847. The number of nitrogens with zero attached hydrogens (tertiary/aromatic N) is 1. The Morgan fingerprint density at radius 2 is 1.86 bits per heavy atom. The van der Waals surface area contributed by atoms with Crippen LogP contribution in [0.15, 0.2) is 48.5 Å². The topological polar surface area (TPSA) is 58.6 Å². The molecule has 1 N–H and O–H groups in total. The lowest BCUT2D eigenvalue weighted by Gasteiger charge is -2.42. The number of carbonyl (C=O) groups excluding carboxylic acids is 2. The van der Waals surface area contributed by atoms with E-state index in [1.807, 2.05) is 42.5 Å². The van der Waals surface area contributed by atoms with Crippen LogP contribution in [0.1, 0.15) is 21.8 Å². The molecule has 5 rings (SSSR count). The number of rotatable bonds is 0. The lowest BCUT2D eigenvalue weighted by molar-refractivity contribution is -0.139. The Morgan fingerprint density at radius 3 is 2.77 bits per heavy atom. The van der Waals surface area contributed by atoms with E-state index < -0.39 is 11.6 Å². The van der Waals surface area contributed by atoms with Gasteiger partial charge in [-0.25, -0.2) is 0 Å². The maximum atomic E-state index is 13.0. The molecule has 0 radical (unpaired) electrons. The van der Waals surface area contributed by atoms with E-state index in [0.717, 1.165) is 16.9 Å². The molecule has 5 heteroatoms. The maximum Gasteiger partial charge on any atom is 0.318 e. The van der Waals surface area contributed by atoms with E-state index in [9.17, 15) is 9.59 Å². The molecule has 1 spiro atoms. The smallest absolute Gasteiger partial charge is 0.318 e. The number of ether oxygens (including phenoxy) is 1. The first-order valence-electron chi connectivity index (χ1n) is 7.20. The largest absolute Gasteiger partial charge is 0.461 e. The van der Waals surface area contributed by atoms with Crippen LogP contribution in [0.4, 0.5) is 11.4 Å². The number of amides is 1. The predicted octanol–water partition coefficient (Wildman–Crippen LogP) is 2.11. The van der Waals surface area contributed by atoms with Crippen molar-refractivity contribution in [2.75, 3.05) is 16.8 Å². The van der Waals surface area contributed by atoms with Gasteiger partial charge in [-0.3, -0.25) is 14.5 Å². The molecule has 3 heterocycles. The molecule has 2 aromatic rings. The van der Waals surface area contributed by atoms with E-state index in [2.05, 4.69) is 5.32 Å². The van der Waals surface area contributed by atoms with Crippen LogP contribution in [0.5, 0.6) is 0 Å². The molecule has 2 aromatic carbocycles. The monoisotopic (exact) mass is 292 g/mol. The van der Waals surface area contributed by atoms with Crippen molar-refractivity contribution in [1.82, 2.24) is 0 Å². The zero-order chi connectivity index (χ0) is 14.9. The zero-order valence-electron chi connectivity index (χ0n) is 11.6. The number of para-hydroxylation sites is 2. The summed E-state index contributed by atoms with van der Waals surface area (Å²) in [4.78, 5) is 27.0. The summed E-state index contributed by atoms with van der Waals surface area (Å²) < 4.78 is 5.30. The van der Waals surface area contributed by atoms with Gasteiger partial charge in [0.2, 0.25) is 0 Å². The average molecular weight is 292 g/mol. The molecule has 3 aliphatic heterocycles. The number of hydrogen-bond donors (Lipinski definition) is 1. The van der Waals surface area contributed by atoms with Crippen molar-refractivity contribution in [3.8, 4) is 0 Å². The molecule has 3 aliphatic rings. The zero-order valence-corrected chi connectivity index (χ0v) is 11.6. The van der Waals surface area contributed by atoms with Crippen molar-refractivity contribution in [3.05, 3.63) is 59.7 Å². The van der Waals surface area contributed by atoms with Crippen molar-refractivity contribution in [1.29, 1.82) is 0 Å². The molecule has 2 atom stereocenters. The van der Waals surface area contributed by atoms with Gasteiger partial charge in [0.05, 0.1) is 11.3 Å². The van der Waals surface area contributed by atoms with Gasteiger partial charge in [-0.1, -0.05) is 30.3 Å². The SMILES string of the molecule is O=C1OC[C@@]23Nc4ccccc4C(=O)N2c2ccccc2[C@@H]13. The highest BCUT2D eigenvalue weighted by molar-refractivity contribution is 6.16. The van der Waals surface area contributed by atoms with E-state index in [1.54, 1.807) is 11.0 Å². The fraction of sp³-hybridized carbons (Fsp3) is 0.176. The number of anilines is 2. The second kappa shape index (κ2) is 3.68. The third kappa shape index (κ3) is 1.16. The molecule has 0 aromatic heterocycles. The summed E-state index contributed by atoms with van der Waals surface area (Å²) >= 11 is 0. The first-order chi connectivity index (χ1) is 10.7. The highest BCUT2D eigenvalue weighted by Gasteiger charge is 2.64. The summed E-state index contributed by atoms with van der Waals surface area (Å²) in [5.41, 5.74) is 2.16. The van der Waals surface area contributed by atoms with Gasteiger partial charge in [0.1, 0.15) is 12.5 Å². The molecule has 1 amide bonds. The predicted molar refractivity (Wildman–Crippen MR) is 79.7 cm³/mol. The van der Waals surface area contributed by atoms with Crippen LogP contribution in [0, 0.1) is 0 Å². The average Bonchev–Trinajstić information content (AvgIpc) is 3.00. The molecule has 0 saturated carbocycles. The van der Waals surface area contributed by atoms with Gasteiger partial charge in [-0.15, -0.1) is 0 Å². The van der Waals surface area contributed by atoms with Crippen molar-refractivity contribution < 1.29 is 14.3 Å². The Balaban J connectivity index is 1.82. The van der Waals surface area contributed by atoms with Crippen LogP contribution in [0.3, 0.4) is 0 Å². The number of benzene rings is 2. The van der Waals surface area contributed by atoms with E-state index >= 15 is 0 Å². The van der Waals surface area contributed by atoms with Crippen molar-refractivity contribution in [3.63, 3.8) is 0 Å². The van der Waals surface area contributed by atoms with Crippen molar-refractivity contribution in [2.24, 2.45) is 0 Å². The molecule has 1 saturated heterocycles. The minimum atomic E-state index is -0.841. The van der Waals surface area contributed by atoms with Crippen LogP contribution in [-0.2, 0) is 9.53 Å². The number of esters is 1. The van der Waals surface area contributed by atoms with E-state index in [1.165, 1.54) is 0 Å². The minimum absolute atomic E-state index is 0.0948. The number of carbonyl (C=O) groups is 2. The van der Waals surface area contributed by atoms with E-state index in [4.69, 9.17) is 4.74 Å². The van der Waals surface area contributed by atoms with E-state index in [0.29, 0.717) is 5.56 Å². The summed E-state index contributed by atoms with van der Waals surface area (Å²) in [5, 5.41) is 3.40. The summed E-state index contributed by atoms with van der Waals surface area (Å²) in [6, 6.07) is 14.9. The van der Waals surface area contributed by atoms with Gasteiger partial charge in [-0.2, -0.15) is 0 Å². The van der Waals surface area contributed by atoms with Gasteiger partial charge >= 0.3 is 5.97 Å². The lowest BCUT2D eigenvalue weighted by atomic mass is 9.90. The molecule has 108 valence electrons. The third-order valence-electron chi connectivity index (χ3n) is 4.75. The molecule has 0 aliphatic carbocycles. The first kappa shape index (κ1) is 11.8. The minimum Gasteiger partial charge on any atom is -0.461 e. The van der Waals surface area contributed by atoms with Crippen LogP contribution >= 0.6 is 0 Å². The van der Waals surface area contributed by atoms with Gasteiger partial charge < -0.3 is 10.1 Å². The number of hydrogen-bond acceptors (Lipinski definition) is 4. The summed E-state index contributed by atoms with van der Waals surface area (Å²) in [5.74, 6) is -0.863. The van der Waals surface area contributed by atoms with Gasteiger partial charge in [0.15, 0.2) is 5.66 Å². The van der Waals surface area contributed by atoms with Crippen molar-refractivity contribution in [2.45, 2.75) is 11.6 Å². The Morgan fingerprint density at radius 1 is 1.09 bits per heavy atom. The molecular weight excluding hydrogens is 280 g/mol. The Hall–Kier alpha value is -2.82. The molecule has 22 heavy (non-hydrogen) atoms. The Kier molecular flexibility index (Phi) is 1.97. The van der Waals surface area contributed by atoms with Gasteiger partial charge in [0.25, 0.3) is 5.91 Å². The third-order valence-corrected chi connectivity index (χ3v) is 4.75. The normalized spacial score (nSPS) is 27.5. The Labute approximate surface area is 126 Å². The highest BCUT2D eigenvalue weighted by Crippen LogP contribution is 2.54. The molecule has 0 unspecified atom stereocenters.